The minimum atomic E-state index is -0.949. The van der Waals surface area contributed by atoms with E-state index in [0.717, 1.165) is 36.6 Å². The average molecular weight is 799 g/mol. The van der Waals surface area contributed by atoms with Crippen molar-refractivity contribution >= 4 is 58.9 Å². The maximum atomic E-state index is 11.5. The fourth-order valence-electron chi connectivity index (χ4n) is 4.42. The summed E-state index contributed by atoms with van der Waals surface area (Å²) in [5, 5.41) is 9.85. The summed E-state index contributed by atoms with van der Waals surface area (Å²) in [7, 11) is 2.69. The smallest absolute Gasteiger partial charge is 0.870 e. The van der Waals surface area contributed by atoms with E-state index < -0.39 is 17.0 Å². The summed E-state index contributed by atoms with van der Waals surface area (Å²) in [6, 6.07) is 20.9. The first-order chi connectivity index (χ1) is 22.1. The zero-order valence-electron chi connectivity index (χ0n) is 27.9. The number of carbonyl (C=O) groups is 3. The van der Waals surface area contributed by atoms with Crippen molar-refractivity contribution in [2.75, 3.05) is 25.4 Å². The Balaban J connectivity index is -0.000000295. The largest absolute Gasteiger partial charge is 1.00 e. The molecule has 0 atom stereocenters. The molecule has 0 aliphatic heterocycles. The molecule has 2 fully saturated rings. The number of methoxy groups -OCH3 is 2. The number of hydrogen-bond acceptors (Lipinski definition) is 6. The van der Waals surface area contributed by atoms with Crippen LogP contribution in [0.15, 0.2) is 72.8 Å². The van der Waals surface area contributed by atoms with Gasteiger partial charge in [-0.15, -0.1) is 11.6 Å². The zero-order valence-corrected chi connectivity index (χ0v) is 31.3. The monoisotopic (exact) mass is 797 g/mol. The second-order valence-electron chi connectivity index (χ2n) is 10.0. The molecule has 0 amide bonds. The number of rotatable bonds is 7. The molecule has 0 radical (unpaired) electrons. The van der Waals surface area contributed by atoms with Gasteiger partial charge in [-0.05, 0) is 18.2 Å². The predicted octanol–water partition coefficient (Wildman–Crippen LogP) is 4.94. The molecule has 4 N–H and O–H groups in total. The number of carboxylic acids is 1. The van der Waals surface area contributed by atoms with E-state index in [0.29, 0.717) is 28.1 Å². The fourth-order valence-corrected chi connectivity index (χ4v) is 4.42. The Bertz CT molecular complexity index is 1670. The van der Waals surface area contributed by atoms with E-state index in [-0.39, 0.29) is 74.8 Å². The van der Waals surface area contributed by atoms with Crippen LogP contribution >= 0.6 is 41.0 Å². The predicted molar refractivity (Wildman–Crippen MR) is 201 cm³/mol. The average Bonchev–Trinajstić information content (AvgIpc) is 4.04. The van der Waals surface area contributed by atoms with Crippen molar-refractivity contribution < 1.29 is 58.8 Å². The Kier molecular flexibility index (Phi) is 28.5. The SMILES string of the molecule is C.ClCCBr.O.S.[C-]#[N+]C1(c2ccccc2C(=O)O)CC1.[C-]#[N+]C1(c2ccccc2C(=O)OC)CC1.[C-]#[N+]Cc1ccccc1C(=O)OC.[Li+].[OH-]. The summed E-state index contributed by atoms with van der Waals surface area (Å²) in [5.74, 6) is -0.990. The molecule has 270 valence electrons. The minimum Gasteiger partial charge on any atom is -0.870 e. The third kappa shape index (κ3) is 15.1. The number of alkyl halides is 2. The number of halogens is 2. The Hall–Kier alpha value is -3.82. The molecule has 2 saturated carbocycles. The Morgan fingerprint density at radius 2 is 1.14 bits per heavy atom. The molecule has 3 aromatic carbocycles. The zero-order chi connectivity index (χ0) is 34.2. The van der Waals surface area contributed by atoms with Crippen LogP contribution in [0.3, 0.4) is 0 Å². The van der Waals surface area contributed by atoms with Crippen molar-refractivity contribution in [2.45, 2.75) is 50.7 Å². The third-order valence-corrected chi connectivity index (χ3v) is 8.15. The van der Waals surface area contributed by atoms with Crippen LogP contribution in [0.5, 0.6) is 0 Å². The normalized spacial score (nSPS) is 12.4. The number of carboxylic acid groups (broad SMARTS) is 1. The van der Waals surface area contributed by atoms with E-state index in [2.05, 4.69) is 35.2 Å². The van der Waals surface area contributed by atoms with Crippen LogP contribution in [-0.4, -0.2) is 59.4 Å². The molecule has 15 heteroatoms. The first kappa shape index (κ1) is 54.0. The number of aromatic carboxylic acids is 1. The number of benzene rings is 3. The number of esters is 2. The molecule has 51 heavy (non-hydrogen) atoms. The van der Waals surface area contributed by atoms with E-state index in [9.17, 15) is 14.4 Å². The third-order valence-electron chi connectivity index (χ3n) is 7.11. The van der Waals surface area contributed by atoms with Gasteiger partial charge in [0, 0.05) is 42.5 Å². The van der Waals surface area contributed by atoms with Gasteiger partial charge >= 0.3 is 36.8 Å². The molecule has 3 aromatic rings. The van der Waals surface area contributed by atoms with E-state index in [1.807, 2.05) is 12.1 Å². The van der Waals surface area contributed by atoms with Gasteiger partial charge in [0.2, 0.25) is 6.54 Å². The molecule has 0 heterocycles. The molecular formula is C36H42BrClLiN3O8S. The first-order valence-corrected chi connectivity index (χ1v) is 15.7. The Morgan fingerprint density at radius 1 is 0.784 bits per heavy atom. The van der Waals surface area contributed by atoms with Crippen LogP contribution in [0.25, 0.3) is 14.5 Å². The summed E-state index contributed by atoms with van der Waals surface area (Å²) in [5.41, 5.74) is 2.47. The van der Waals surface area contributed by atoms with E-state index in [4.69, 9.17) is 41.2 Å². The molecule has 11 nitrogen and oxygen atoms in total. The summed E-state index contributed by atoms with van der Waals surface area (Å²) >= 11 is 8.26. The van der Waals surface area contributed by atoms with Crippen LogP contribution < -0.4 is 18.9 Å². The molecule has 0 saturated heterocycles. The van der Waals surface area contributed by atoms with Crippen molar-refractivity contribution in [3.05, 3.63) is 140 Å². The topological polar surface area (TPSA) is 164 Å². The van der Waals surface area contributed by atoms with Crippen molar-refractivity contribution in [1.29, 1.82) is 0 Å². The van der Waals surface area contributed by atoms with E-state index in [1.54, 1.807) is 60.7 Å². The standard InChI is InChI=1S/C12H11NO2.C11H9NO2.C10H9NO2.C2H4BrCl.CH4.Li.2H2O.H2S/c1-13-12(7-8-12)10-6-4-3-5-9(10)11(14)15-2;1-12-11(6-7-11)9-5-3-2-4-8(9)10(13)14;1-11-7-8-5-3-4-6-9(8)10(12)13-2;3-1-2-4;;;;;/h3-6H,7-8H2,2H3;2-5H,6-7H2,(H,13,14);3-6H,7H2,2H3;1-2H2;1H4;;3*1H2/q;;;;;+1;;;/p-1. The summed E-state index contributed by atoms with van der Waals surface area (Å²) in [6.07, 6.45) is 3.23. The van der Waals surface area contributed by atoms with Crippen molar-refractivity contribution in [3.63, 3.8) is 0 Å². The second-order valence-corrected chi connectivity index (χ2v) is 11.2. The Labute approximate surface area is 332 Å². The van der Waals surface area contributed by atoms with Crippen molar-refractivity contribution in [2.24, 2.45) is 0 Å². The van der Waals surface area contributed by atoms with Gasteiger partial charge in [-0.2, -0.15) is 13.5 Å². The summed E-state index contributed by atoms with van der Waals surface area (Å²) in [4.78, 5) is 44.0. The number of ether oxygens (including phenoxy) is 2. The number of hydrogen-bond donors (Lipinski definition) is 1. The van der Waals surface area contributed by atoms with Crippen molar-refractivity contribution in [1.82, 2.24) is 0 Å². The van der Waals surface area contributed by atoms with Crippen molar-refractivity contribution in [3.8, 4) is 0 Å². The molecular weight excluding hydrogens is 757 g/mol. The number of carbonyl (C=O) groups excluding carboxylic acids is 2. The fraction of sp³-hybridized carbons (Fsp3) is 0.333. The maximum Gasteiger partial charge on any atom is 1.00 e. The molecule has 2 aliphatic carbocycles. The number of nitrogens with zero attached hydrogens (tertiary/aromatic N) is 3. The molecule has 5 rings (SSSR count). The van der Waals surface area contributed by atoms with Crippen LogP contribution in [0.4, 0.5) is 0 Å². The quantitative estimate of drug-likeness (QED) is 0.153. The summed E-state index contributed by atoms with van der Waals surface area (Å²) in [6.45, 7) is 21.2. The van der Waals surface area contributed by atoms with Gasteiger partial charge in [-0.3, -0.25) is 0 Å². The van der Waals surface area contributed by atoms with Gasteiger partial charge in [0.1, 0.15) is 0 Å². The van der Waals surface area contributed by atoms with E-state index in [1.165, 1.54) is 14.2 Å². The maximum absolute atomic E-state index is 11.5. The minimum absolute atomic E-state index is 0. The second kappa shape index (κ2) is 26.9. The molecule has 0 bridgehead atoms. The first-order valence-electron chi connectivity index (χ1n) is 14.0. The molecule has 0 spiro atoms. The van der Waals surface area contributed by atoms with Crippen LogP contribution in [-0.2, 0) is 27.1 Å². The Morgan fingerprint density at radius 3 is 1.49 bits per heavy atom. The molecule has 2 aliphatic rings. The van der Waals surface area contributed by atoms with Crippen LogP contribution in [0.2, 0.25) is 0 Å². The van der Waals surface area contributed by atoms with Gasteiger partial charge in [-0.1, -0.05) is 78.0 Å². The van der Waals surface area contributed by atoms with Crippen LogP contribution in [0.1, 0.15) is 80.9 Å². The van der Waals surface area contributed by atoms with Gasteiger partial charge in [0.15, 0.2) is 0 Å². The van der Waals surface area contributed by atoms with E-state index >= 15 is 0 Å². The molecule has 0 unspecified atom stereocenters. The summed E-state index contributed by atoms with van der Waals surface area (Å²) < 4.78 is 9.28. The van der Waals surface area contributed by atoms with Gasteiger partial charge in [0.05, 0.1) is 42.0 Å². The van der Waals surface area contributed by atoms with Crippen LogP contribution in [0, 0.1) is 19.7 Å². The molecule has 0 aromatic heterocycles. The van der Waals surface area contributed by atoms with Gasteiger partial charge < -0.3 is 40.1 Å². The van der Waals surface area contributed by atoms with Gasteiger partial charge in [-0.25, -0.2) is 34.1 Å². The van der Waals surface area contributed by atoms with Gasteiger partial charge in [0.25, 0.3) is 11.1 Å².